The molecule has 0 amide bonds. The topological polar surface area (TPSA) is 62.5 Å². The lowest BCUT2D eigenvalue weighted by molar-refractivity contribution is -0.0281. The molecule has 1 heterocycles. The van der Waals surface area contributed by atoms with E-state index in [0.29, 0.717) is 23.0 Å². The predicted molar refractivity (Wildman–Crippen MR) is 208 cm³/mol. The summed E-state index contributed by atoms with van der Waals surface area (Å²) in [6.07, 6.45) is 7.73. The van der Waals surface area contributed by atoms with Gasteiger partial charge in [-0.3, -0.25) is 0 Å². The van der Waals surface area contributed by atoms with Gasteiger partial charge in [0.1, 0.15) is 0 Å². The highest BCUT2D eigenvalue weighted by molar-refractivity contribution is 5.86. The molecule has 2 unspecified atom stereocenters. The SMILES string of the molecule is N#Cc1ccc(-c2ccc(C34CC5CC(C3)CC(c3ccc(-c6nc(-c7ccccc7)nc(-c7ccc8ccccc8c7)n6)cc3)(C5)C4)cc2)cc1. The van der Waals surface area contributed by atoms with Crippen molar-refractivity contribution >= 4 is 10.8 Å². The summed E-state index contributed by atoms with van der Waals surface area (Å²) in [7, 11) is 0. The van der Waals surface area contributed by atoms with Gasteiger partial charge in [0.15, 0.2) is 17.5 Å². The summed E-state index contributed by atoms with van der Waals surface area (Å²) in [6.45, 7) is 0. The molecule has 52 heavy (non-hydrogen) atoms. The van der Waals surface area contributed by atoms with E-state index < -0.39 is 0 Å². The van der Waals surface area contributed by atoms with Gasteiger partial charge in [0.2, 0.25) is 0 Å². The van der Waals surface area contributed by atoms with Crippen LogP contribution in [0.2, 0.25) is 0 Å². The number of aromatic nitrogens is 3. The third kappa shape index (κ3) is 5.31. The largest absolute Gasteiger partial charge is 0.208 e. The first kappa shape index (κ1) is 30.9. The molecule has 1 aromatic heterocycles. The van der Waals surface area contributed by atoms with Crippen LogP contribution in [0.25, 0.3) is 56.1 Å². The second-order valence-corrected chi connectivity index (χ2v) is 15.6. The van der Waals surface area contributed by atoms with Crippen molar-refractivity contribution in [2.75, 3.05) is 0 Å². The summed E-state index contributed by atoms with van der Waals surface area (Å²) in [5.41, 5.74) is 9.43. The molecule has 11 rings (SSSR count). The Hall–Kier alpha value is -5.92. The average molecular weight is 671 g/mol. The number of rotatable bonds is 6. The van der Waals surface area contributed by atoms with Gasteiger partial charge >= 0.3 is 0 Å². The second-order valence-electron chi connectivity index (χ2n) is 15.6. The molecule has 6 aromatic carbocycles. The van der Waals surface area contributed by atoms with Crippen molar-refractivity contribution in [3.05, 3.63) is 162 Å². The van der Waals surface area contributed by atoms with Crippen molar-refractivity contribution < 1.29 is 0 Å². The number of nitriles is 1. The monoisotopic (exact) mass is 670 g/mol. The van der Waals surface area contributed by atoms with Crippen LogP contribution < -0.4 is 0 Å². The van der Waals surface area contributed by atoms with Gasteiger partial charge in [0.25, 0.3) is 0 Å². The smallest absolute Gasteiger partial charge is 0.164 e. The molecular formula is C48H38N4. The standard InChI is InChI=1S/C48H38N4/c49-30-32-10-12-36(13-11-32)37-16-20-42(21-17-37)47-26-33-24-34(27-47)29-48(28-33,31-47)43-22-18-39(19-23-43)45-50-44(38-7-2-1-3-8-38)51-46(52-45)41-15-14-35-6-4-5-9-40(35)25-41/h1-23,25,33-34H,24,26-29,31H2. The summed E-state index contributed by atoms with van der Waals surface area (Å²) >= 11 is 0. The quantitative estimate of drug-likeness (QED) is 0.177. The van der Waals surface area contributed by atoms with Crippen molar-refractivity contribution in [2.45, 2.75) is 49.4 Å². The average Bonchev–Trinajstić information content (AvgIpc) is 3.20. The first-order valence-electron chi connectivity index (χ1n) is 18.6. The molecule has 4 aliphatic rings. The minimum absolute atomic E-state index is 0.193. The van der Waals surface area contributed by atoms with Crippen LogP contribution in [0.4, 0.5) is 0 Å². The summed E-state index contributed by atoms with van der Waals surface area (Å²) < 4.78 is 0. The fourth-order valence-electron chi connectivity index (χ4n) is 10.3. The van der Waals surface area contributed by atoms with Gasteiger partial charge in [-0.25, -0.2) is 15.0 Å². The van der Waals surface area contributed by atoms with E-state index in [-0.39, 0.29) is 10.8 Å². The van der Waals surface area contributed by atoms with Crippen LogP contribution in [0, 0.1) is 23.2 Å². The molecular weight excluding hydrogens is 633 g/mol. The Morgan fingerprint density at radius 3 is 1.50 bits per heavy atom. The first-order chi connectivity index (χ1) is 25.5. The van der Waals surface area contributed by atoms with Gasteiger partial charge in [0, 0.05) is 16.7 Å². The van der Waals surface area contributed by atoms with E-state index in [1.807, 2.05) is 30.3 Å². The van der Waals surface area contributed by atoms with Crippen LogP contribution in [0.1, 0.15) is 55.2 Å². The number of hydrogen-bond donors (Lipinski definition) is 0. The van der Waals surface area contributed by atoms with E-state index in [1.165, 1.54) is 66.0 Å². The van der Waals surface area contributed by atoms with Gasteiger partial charge in [-0.05, 0) is 112 Å². The molecule has 0 aliphatic heterocycles. The molecule has 4 saturated carbocycles. The van der Waals surface area contributed by atoms with Gasteiger partial charge in [-0.2, -0.15) is 5.26 Å². The Balaban J connectivity index is 0.982. The molecule has 0 saturated heterocycles. The fraction of sp³-hybridized carbons (Fsp3) is 0.208. The summed E-state index contributed by atoms with van der Waals surface area (Å²) in [5, 5.41) is 11.6. The van der Waals surface area contributed by atoms with E-state index >= 15 is 0 Å². The number of hydrogen-bond acceptors (Lipinski definition) is 4. The normalized spacial score (nSPS) is 23.1. The van der Waals surface area contributed by atoms with Crippen LogP contribution in [0.5, 0.6) is 0 Å². The number of fused-ring (bicyclic) bond motifs is 1. The van der Waals surface area contributed by atoms with Crippen LogP contribution in [-0.2, 0) is 10.8 Å². The van der Waals surface area contributed by atoms with Crippen LogP contribution in [0.15, 0.2) is 146 Å². The van der Waals surface area contributed by atoms with E-state index in [1.54, 1.807) is 0 Å². The molecule has 2 atom stereocenters. The Bertz CT molecular complexity index is 2460. The first-order valence-corrected chi connectivity index (χ1v) is 18.6. The molecule has 0 radical (unpaired) electrons. The minimum Gasteiger partial charge on any atom is -0.208 e. The van der Waals surface area contributed by atoms with Crippen molar-refractivity contribution in [3.8, 4) is 51.4 Å². The molecule has 0 N–H and O–H groups in total. The molecule has 4 nitrogen and oxygen atoms in total. The maximum absolute atomic E-state index is 9.22. The van der Waals surface area contributed by atoms with Crippen LogP contribution in [0.3, 0.4) is 0 Å². The predicted octanol–water partition coefficient (Wildman–Crippen LogP) is 11.4. The van der Waals surface area contributed by atoms with E-state index in [2.05, 4.69) is 121 Å². The molecule has 4 heteroatoms. The van der Waals surface area contributed by atoms with Gasteiger partial charge < -0.3 is 0 Å². The zero-order valence-corrected chi connectivity index (χ0v) is 29.0. The highest BCUT2D eigenvalue weighted by Gasteiger charge is 2.58. The molecule has 250 valence electrons. The summed E-state index contributed by atoms with van der Waals surface area (Å²) in [4.78, 5) is 15.1. The van der Waals surface area contributed by atoms with Crippen molar-refractivity contribution in [2.24, 2.45) is 11.8 Å². The molecule has 0 spiro atoms. The lowest BCUT2D eigenvalue weighted by Crippen LogP contribution is -2.55. The Morgan fingerprint density at radius 1 is 0.462 bits per heavy atom. The third-order valence-electron chi connectivity index (χ3n) is 12.3. The number of nitrogens with zero attached hydrogens (tertiary/aromatic N) is 4. The summed E-state index contributed by atoms with van der Waals surface area (Å²) in [5.74, 6) is 3.60. The lowest BCUT2D eigenvalue weighted by Gasteiger charge is -2.63. The fourth-order valence-corrected chi connectivity index (χ4v) is 10.3. The van der Waals surface area contributed by atoms with Crippen LogP contribution >= 0.6 is 0 Å². The molecule has 4 fully saturated rings. The van der Waals surface area contributed by atoms with Gasteiger partial charge in [-0.15, -0.1) is 0 Å². The molecule has 4 aliphatic carbocycles. The van der Waals surface area contributed by atoms with E-state index in [9.17, 15) is 5.26 Å². The zero-order valence-electron chi connectivity index (χ0n) is 29.0. The van der Waals surface area contributed by atoms with E-state index in [4.69, 9.17) is 15.0 Å². The molecule has 4 bridgehead atoms. The molecule has 7 aromatic rings. The summed E-state index contributed by atoms with van der Waals surface area (Å²) in [6, 6.07) is 53.9. The second kappa shape index (κ2) is 12.1. The van der Waals surface area contributed by atoms with E-state index in [0.717, 1.165) is 34.1 Å². The van der Waals surface area contributed by atoms with Crippen molar-refractivity contribution in [1.29, 1.82) is 5.26 Å². The number of benzene rings is 6. The maximum atomic E-state index is 9.22. The Kier molecular flexibility index (Phi) is 7.18. The lowest BCUT2D eigenvalue weighted by atomic mass is 9.41. The van der Waals surface area contributed by atoms with Crippen LogP contribution in [-0.4, -0.2) is 15.0 Å². The minimum atomic E-state index is 0.193. The highest BCUT2D eigenvalue weighted by atomic mass is 15.0. The van der Waals surface area contributed by atoms with Gasteiger partial charge in [0.05, 0.1) is 11.6 Å². The Morgan fingerprint density at radius 2 is 0.923 bits per heavy atom. The third-order valence-corrected chi connectivity index (χ3v) is 12.3. The van der Waals surface area contributed by atoms with Gasteiger partial charge in [-0.1, -0.05) is 127 Å². The van der Waals surface area contributed by atoms with Crippen molar-refractivity contribution in [1.82, 2.24) is 15.0 Å². The highest BCUT2D eigenvalue weighted by Crippen LogP contribution is 2.66. The zero-order chi connectivity index (χ0) is 34.7. The maximum Gasteiger partial charge on any atom is 0.164 e. The van der Waals surface area contributed by atoms with Crippen molar-refractivity contribution in [3.63, 3.8) is 0 Å². The Labute approximate surface area is 304 Å².